The lowest BCUT2D eigenvalue weighted by molar-refractivity contribution is 0.523. The molecule has 1 saturated carbocycles. The van der Waals surface area contributed by atoms with Crippen LogP contribution in [-0.2, 0) is 4.79 Å². The van der Waals surface area contributed by atoms with Crippen LogP contribution in [0.3, 0.4) is 0 Å². The average Bonchev–Trinajstić information content (AvgIpc) is 2.14. The van der Waals surface area contributed by atoms with E-state index in [1.165, 1.54) is 12.8 Å². The molecule has 0 aromatic carbocycles. The summed E-state index contributed by atoms with van der Waals surface area (Å²) in [5.74, 6) is 0.292. The first-order valence-electron chi connectivity index (χ1n) is 2.81. The fourth-order valence-electron chi connectivity index (χ4n) is 1.04. The second-order valence-corrected chi connectivity index (χ2v) is 2.10. The van der Waals surface area contributed by atoms with Gasteiger partial charge in [-0.1, -0.05) is 12.8 Å². The molecule has 7 heavy (non-hydrogen) atoms. The van der Waals surface area contributed by atoms with Gasteiger partial charge in [0.15, 0.2) is 0 Å². The van der Waals surface area contributed by atoms with Crippen LogP contribution in [0, 0.1) is 5.92 Å². The topological polar surface area (TPSA) is 17.1 Å². The SMILES string of the molecule is O=[C]C1CCCC1. The molecule has 0 unspecified atom stereocenters. The summed E-state index contributed by atoms with van der Waals surface area (Å²) in [6, 6.07) is 0. The van der Waals surface area contributed by atoms with E-state index in [9.17, 15) is 4.79 Å². The third-order valence-corrected chi connectivity index (χ3v) is 1.52. The molecular formula is C6H9O. The van der Waals surface area contributed by atoms with Crippen molar-refractivity contribution in [2.45, 2.75) is 25.7 Å². The van der Waals surface area contributed by atoms with E-state index in [1.807, 2.05) is 6.29 Å². The number of hydrogen-bond acceptors (Lipinski definition) is 1. The van der Waals surface area contributed by atoms with Gasteiger partial charge >= 0.3 is 0 Å². The summed E-state index contributed by atoms with van der Waals surface area (Å²) in [5.41, 5.74) is 0. The second-order valence-electron chi connectivity index (χ2n) is 2.10. The molecule has 0 spiro atoms. The molecule has 39 valence electrons. The maximum Gasteiger partial charge on any atom is 0.201 e. The van der Waals surface area contributed by atoms with Crippen LogP contribution in [-0.4, -0.2) is 6.29 Å². The average molecular weight is 97.1 g/mol. The Bertz CT molecular complexity index is 62.6. The zero-order valence-electron chi connectivity index (χ0n) is 4.31. The standard InChI is InChI=1S/C6H9O/c7-5-6-3-1-2-4-6/h6H,1-4H2. The predicted molar refractivity (Wildman–Crippen MR) is 27.7 cm³/mol. The van der Waals surface area contributed by atoms with Crippen LogP contribution in [0.15, 0.2) is 0 Å². The van der Waals surface area contributed by atoms with E-state index < -0.39 is 0 Å². The Kier molecular flexibility index (Phi) is 1.45. The Morgan fingerprint density at radius 3 is 2.14 bits per heavy atom. The van der Waals surface area contributed by atoms with Crippen molar-refractivity contribution in [2.24, 2.45) is 5.92 Å². The molecule has 1 heteroatoms. The molecule has 0 amide bonds. The lowest BCUT2D eigenvalue weighted by Gasteiger charge is -1.88. The van der Waals surface area contributed by atoms with Crippen molar-refractivity contribution in [2.75, 3.05) is 0 Å². The highest BCUT2D eigenvalue weighted by Gasteiger charge is 2.13. The molecule has 0 aliphatic heterocycles. The quantitative estimate of drug-likeness (QED) is 0.481. The number of carbonyl (C=O) groups excluding carboxylic acids is 1. The van der Waals surface area contributed by atoms with E-state index in [0.29, 0.717) is 5.92 Å². The van der Waals surface area contributed by atoms with Crippen molar-refractivity contribution in [1.29, 1.82) is 0 Å². The van der Waals surface area contributed by atoms with Crippen molar-refractivity contribution in [3.8, 4) is 0 Å². The number of hydrogen-bond donors (Lipinski definition) is 0. The minimum absolute atomic E-state index is 0.292. The Hall–Kier alpha value is -0.330. The lowest BCUT2D eigenvalue weighted by Crippen LogP contribution is -1.90. The van der Waals surface area contributed by atoms with E-state index >= 15 is 0 Å². The summed E-state index contributed by atoms with van der Waals surface area (Å²) in [6.45, 7) is 0. The van der Waals surface area contributed by atoms with Gasteiger partial charge in [-0.15, -0.1) is 0 Å². The van der Waals surface area contributed by atoms with E-state index in [0.717, 1.165) is 12.8 Å². The summed E-state index contributed by atoms with van der Waals surface area (Å²) in [5, 5.41) is 0. The van der Waals surface area contributed by atoms with Gasteiger partial charge in [-0.25, -0.2) is 0 Å². The smallest absolute Gasteiger partial charge is 0.201 e. The van der Waals surface area contributed by atoms with Crippen molar-refractivity contribution in [3.63, 3.8) is 0 Å². The van der Waals surface area contributed by atoms with Crippen LogP contribution in [0.25, 0.3) is 0 Å². The highest BCUT2D eigenvalue weighted by Crippen LogP contribution is 2.21. The Labute approximate surface area is 43.7 Å². The van der Waals surface area contributed by atoms with Gasteiger partial charge < -0.3 is 0 Å². The summed E-state index contributed by atoms with van der Waals surface area (Å²) < 4.78 is 0. The first-order valence-corrected chi connectivity index (χ1v) is 2.81. The zero-order valence-corrected chi connectivity index (χ0v) is 4.31. The van der Waals surface area contributed by atoms with Crippen LogP contribution in [0.2, 0.25) is 0 Å². The minimum atomic E-state index is 0.292. The zero-order chi connectivity index (χ0) is 5.11. The fraction of sp³-hybridized carbons (Fsp3) is 0.833. The van der Waals surface area contributed by atoms with Crippen molar-refractivity contribution >= 4 is 6.29 Å². The third-order valence-electron chi connectivity index (χ3n) is 1.52. The first-order chi connectivity index (χ1) is 3.43. The molecule has 0 heterocycles. The molecule has 0 bridgehead atoms. The lowest BCUT2D eigenvalue weighted by atomic mass is 10.1. The highest BCUT2D eigenvalue weighted by atomic mass is 16.1. The molecule has 1 aliphatic rings. The van der Waals surface area contributed by atoms with Gasteiger partial charge in [0, 0.05) is 5.92 Å². The van der Waals surface area contributed by atoms with E-state index in [4.69, 9.17) is 0 Å². The molecular weight excluding hydrogens is 88.1 g/mol. The van der Waals surface area contributed by atoms with E-state index in [-0.39, 0.29) is 0 Å². The molecule has 0 saturated heterocycles. The molecule has 1 radical (unpaired) electrons. The molecule has 0 aromatic rings. The van der Waals surface area contributed by atoms with Crippen molar-refractivity contribution < 1.29 is 4.79 Å². The summed E-state index contributed by atoms with van der Waals surface area (Å²) in [4.78, 5) is 9.88. The maximum atomic E-state index is 9.88. The molecule has 1 nitrogen and oxygen atoms in total. The second kappa shape index (κ2) is 2.10. The predicted octanol–water partition coefficient (Wildman–Crippen LogP) is 1.29. The van der Waals surface area contributed by atoms with Gasteiger partial charge in [0.05, 0.1) is 0 Å². The van der Waals surface area contributed by atoms with Crippen molar-refractivity contribution in [3.05, 3.63) is 0 Å². The van der Waals surface area contributed by atoms with Crippen LogP contribution in [0.1, 0.15) is 25.7 Å². The van der Waals surface area contributed by atoms with Crippen LogP contribution in [0.5, 0.6) is 0 Å². The highest BCUT2D eigenvalue weighted by molar-refractivity contribution is 5.54. The maximum absolute atomic E-state index is 9.88. The molecule has 1 aliphatic carbocycles. The van der Waals surface area contributed by atoms with Gasteiger partial charge in [0.25, 0.3) is 0 Å². The summed E-state index contributed by atoms with van der Waals surface area (Å²) in [7, 11) is 0. The van der Waals surface area contributed by atoms with Gasteiger partial charge in [0.1, 0.15) is 0 Å². The molecule has 1 rings (SSSR count). The van der Waals surface area contributed by atoms with Crippen molar-refractivity contribution in [1.82, 2.24) is 0 Å². The van der Waals surface area contributed by atoms with Crippen LogP contribution >= 0.6 is 0 Å². The molecule has 0 N–H and O–H groups in total. The van der Waals surface area contributed by atoms with Gasteiger partial charge in [-0.05, 0) is 12.8 Å². The van der Waals surface area contributed by atoms with Gasteiger partial charge in [0.2, 0.25) is 6.29 Å². The normalized spacial score (nSPS) is 22.9. The van der Waals surface area contributed by atoms with E-state index in [1.54, 1.807) is 0 Å². The van der Waals surface area contributed by atoms with E-state index in [2.05, 4.69) is 0 Å². The Morgan fingerprint density at radius 1 is 1.29 bits per heavy atom. The first kappa shape index (κ1) is 4.82. The van der Waals surface area contributed by atoms with Gasteiger partial charge in [-0.3, -0.25) is 4.79 Å². The largest absolute Gasteiger partial charge is 0.291 e. The third kappa shape index (κ3) is 1.02. The minimum Gasteiger partial charge on any atom is -0.291 e. The summed E-state index contributed by atoms with van der Waals surface area (Å²) >= 11 is 0. The summed E-state index contributed by atoms with van der Waals surface area (Å²) in [6.07, 6.45) is 6.66. The Balaban J connectivity index is 2.26. The Morgan fingerprint density at radius 2 is 1.86 bits per heavy atom. The molecule has 0 aromatic heterocycles. The monoisotopic (exact) mass is 97.1 g/mol. The van der Waals surface area contributed by atoms with Crippen LogP contribution < -0.4 is 0 Å². The van der Waals surface area contributed by atoms with Crippen LogP contribution in [0.4, 0.5) is 0 Å². The fourth-order valence-corrected chi connectivity index (χ4v) is 1.04. The number of rotatable bonds is 1. The molecule has 1 fully saturated rings. The molecule has 0 atom stereocenters. The van der Waals surface area contributed by atoms with Gasteiger partial charge in [-0.2, -0.15) is 0 Å².